The molecule has 1 saturated carbocycles. The van der Waals surface area contributed by atoms with Gasteiger partial charge in [-0.3, -0.25) is 0 Å². The summed E-state index contributed by atoms with van der Waals surface area (Å²) in [6.07, 6.45) is 7.95. The summed E-state index contributed by atoms with van der Waals surface area (Å²) in [4.78, 5) is 0. The van der Waals surface area contributed by atoms with Crippen LogP contribution in [0.1, 0.15) is 63.5 Å². The van der Waals surface area contributed by atoms with E-state index in [1.54, 1.807) is 7.11 Å². The van der Waals surface area contributed by atoms with Crippen LogP contribution in [0.2, 0.25) is 0 Å². The third-order valence-corrected chi connectivity index (χ3v) is 4.84. The van der Waals surface area contributed by atoms with Gasteiger partial charge in [-0.1, -0.05) is 57.2 Å². The molecule has 2 heteroatoms. The van der Waals surface area contributed by atoms with Crippen LogP contribution in [-0.4, -0.2) is 19.7 Å². The second kappa shape index (κ2) is 7.31. The van der Waals surface area contributed by atoms with Crippen molar-refractivity contribution < 1.29 is 4.74 Å². The van der Waals surface area contributed by atoms with Crippen molar-refractivity contribution in [1.29, 1.82) is 0 Å². The zero-order chi connectivity index (χ0) is 15.3. The highest BCUT2D eigenvalue weighted by Crippen LogP contribution is 2.42. The van der Waals surface area contributed by atoms with Crippen LogP contribution in [0.3, 0.4) is 0 Å². The molecule has 1 aliphatic carbocycles. The lowest BCUT2D eigenvalue weighted by Crippen LogP contribution is -2.41. The lowest BCUT2D eigenvalue weighted by molar-refractivity contribution is 0.316. The summed E-state index contributed by atoms with van der Waals surface area (Å²) in [5, 5.41) is 3.70. The summed E-state index contributed by atoms with van der Waals surface area (Å²) in [5.41, 5.74) is 2.98. The molecule has 1 aromatic carbocycles. The van der Waals surface area contributed by atoms with Crippen LogP contribution in [0.25, 0.3) is 0 Å². The Morgan fingerprint density at radius 2 is 1.81 bits per heavy atom. The van der Waals surface area contributed by atoms with Crippen LogP contribution >= 0.6 is 0 Å². The fraction of sp³-hybridized carbons (Fsp3) is 0.684. The Balaban J connectivity index is 2.39. The fourth-order valence-electron chi connectivity index (χ4n) is 3.58. The van der Waals surface area contributed by atoms with Gasteiger partial charge in [0, 0.05) is 23.6 Å². The molecule has 2 nitrogen and oxygen atoms in total. The highest BCUT2D eigenvalue weighted by molar-refractivity contribution is 5.43. The zero-order valence-corrected chi connectivity index (χ0v) is 14.2. The van der Waals surface area contributed by atoms with Gasteiger partial charge in [0.15, 0.2) is 0 Å². The molecule has 0 aromatic heterocycles. The van der Waals surface area contributed by atoms with Crippen molar-refractivity contribution in [2.24, 2.45) is 0 Å². The first-order valence-electron chi connectivity index (χ1n) is 8.46. The zero-order valence-electron chi connectivity index (χ0n) is 14.2. The molecule has 0 radical (unpaired) electrons. The maximum atomic E-state index is 5.70. The molecule has 0 amide bonds. The van der Waals surface area contributed by atoms with Crippen molar-refractivity contribution in [1.82, 2.24) is 5.32 Å². The number of nitrogens with one attached hydrogen (secondary N) is 1. The number of rotatable bonds is 5. The Kier molecular flexibility index (Phi) is 5.69. The molecular weight excluding hydrogens is 258 g/mol. The summed E-state index contributed by atoms with van der Waals surface area (Å²) < 4.78 is 5.70. The van der Waals surface area contributed by atoms with Gasteiger partial charge < -0.3 is 10.1 Å². The Hall–Kier alpha value is -1.02. The largest absolute Gasteiger partial charge is 0.496 e. The number of methoxy groups -OCH3 is 1. The van der Waals surface area contributed by atoms with Gasteiger partial charge >= 0.3 is 0 Å². The van der Waals surface area contributed by atoms with E-state index in [1.165, 1.54) is 49.7 Å². The minimum atomic E-state index is 0.234. The molecule has 0 unspecified atom stereocenters. The smallest absolute Gasteiger partial charge is 0.122 e. The van der Waals surface area contributed by atoms with Crippen LogP contribution in [0.15, 0.2) is 18.2 Å². The standard InChI is InChI=1S/C19H31NO/c1-15(2)20-14-19(11-7-5-6-8-12-19)17-13-16(3)9-10-18(17)21-4/h9-10,13,15,20H,5-8,11-12,14H2,1-4H3. The third-order valence-electron chi connectivity index (χ3n) is 4.84. The molecular formula is C19H31NO. The van der Waals surface area contributed by atoms with E-state index in [2.05, 4.69) is 44.3 Å². The molecule has 2 rings (SSSR count). The molecule has 118 valence electrons. The van der Waals surface area contributed by atoms with Gasteiger partial charge in [0.05, 0.1) is 7.11 Å². The predicted molar refractivity (Wildman–Crippen MR) is 90.2 cm³/mol. The molecule has 0 saturated heterocycles. The topological polar surface area (TPSA) is 21.3 Å². The third kappa shape index (κ3) is 4.00. The number of ether oxygens (including phenoxy) is 1. The number of aryl methyl sites for hydroxylation is 1. The quantitative estimate of drug-likeness (QED) is 0.800. The molecule has 1 N–H and O–H groups in total. The van der Waals surface area contributed by atoms with E-state index in [1.807, 2.05) is 0 Å². The monoisotopic (exact) mass is 289 g/mol. The second-order valence-corrected chi connectivity index (χ2v) is 6.93. The van der Waals surface area contributed by atoms with Crippen LogP contribution < -0.4 is 10.1 Å². The second-order valence-electron chi connectivity index (χ2n) is 6.93. The Morgan fingerprint density at radius 1 is 1.14 bits per heavy atom. The number of hydrogen-bond acceptors (Lipinski definition) is 2. The van der Waals surface area contributed by atoms with Crippen LogP contribution in [0, 0.1) is 6.92 Å². The molecule has 0 bridgehead atoms. The summed E-state index contributed by atoms with van der Waals surface area (Å²) >= 11 is 0. The predicted octanol–water partition coefficient (Wildman–Crippen LogP) is 4.59. The first-order chi connectivity index (χ1) is 10.1. The highest BCUT2D eigenvalue weighted by Gasteiger charge is 2.35. The maximum Gasteiger partial charge on any atom is 0.122 e. The molecule has 1 aliphatic rings. The summed E-state index contributed by atoms with van der Waals surface area (Å²) in [6.45, 7) is 7.71. The molecule has 0 aliphatic heterocycles. The van der Waals surface area contributed by atoms with Gasteiger partial charge in [-0.2, -0.15) is 0 Å². The van der Waals surface area contributed by atoms with E-state index < -0.39 is 0 Å². The van der Waals surface area contributed by atoms with Crippen molar-refractivity contribution in [2.45, 2.75) is 70.8 Å². The minimum absolute atomic E-state index is 0.234. The summed E-state index contributed by atoms with van der Waals surface area (Å²) in [5.74, 6) is 1.06. The lowest BCUT2D eigenvalue weighted by Gasteiger charge is -2.36. The highest BCUT2D eigenvalue weighted by atomic mass is 16.5. The van der Waals surface area contributed by atoms with Crippen molar-refractivity contribution in [3.8, 4) is 5.75 Å². The molecule has 1 aromatic rings. The Bertz CT molecular complexity index is 445. The van der Waals surface area contributed by atoms with Gasteiger partial charge in [0.2, 0.25) is 0 Å². The number of benzene rings is 1. The van der Waals surface area contributed by atoms with E-state index in [4.69, 9.17) is 4.74 Å². The normalized spacial score (nSPS) is 18.5. The SMILES string of the molecule is COc1ccc(C)cc1C1(CNC(C)C)CCCCCC1. The average Bonchev–Trinajstić information content (AvgIpc) is 2.71. The van der Waals surface area contributed by atoms with Crippen molar-refractivity contribution >= 4 is 0 Å². The lowest BCUT2D eigenvalue weighted by atomic mass is 9.73. The summed E-state index contributed by atoms with van der Waals surface area (Å²) in [7, 11) is 1.80. The van der Waals surface area contributed by atoms with Crippen molar-refractivity contribution in [3.63, 3.8) is 0 Å². The molecule has 21 heavy (non-hydrogen) atoms. The van der Waals surface area contributed by atoms with Crippen molar-refractivity contribution in [2.75, 3.05) is 13.7 Å². The molecule has 0 spiro atoms. The Morgan fingerprint density at radius 3 is 2.38 bits per heavy atom. The van der Waals surface area contributed by atoms with Gasteiger partial charge in [-0.05, 0) is 25.8 Å². The van der Waals surface area contributed by atoms with Crippen LogP contribution in [0.5, 0.6) is 5.75 Å². The molecule has 0 atom stereocenters. The first-order valence-corrected chi connectivity index (χ1v) is 8.46. The minimum Gasteiger partial charge on any atom is -0.496 e. The van der Waals surface area contributed by atoms with Crippen LogP contribution in [-0.2, 0) is 5.41 Å². The number of hydrogen-bond donors (Lipinski definition) is 1. The average molecular weight is 289 g/mol. The van der Waals surface area contributed by atoms with E-state index in [-0.39, 0.29) is 5.41 Å². The molecule has 0 heterocycles. The van der Waals surface area contributed by atoms with Gasteiger partial charge in [-0.25, -0.2) is 0 Å². The van der Waals surface area contributed by atoms with E-state index in [9.17, 15) is 0 Å². The van der Waals surface area contributed by atoms with E-state index in [0.29, 0.717) is 6.04 Å². The first kappa shape index (κ1) is 16.4. The van der Waals surface area contributed by atoms with Gasteiger partial charge in [0.25, 0.3) is 0 Å². The Labute approximate surface area is 130 Å². The van der Waals surface area contributed by atoms with E-state index >= 15 is 0 Å². The fourth-order valence-corrected chi connectivity index (χ4v) is 3.58. The van der Waals surface area contributed by atoms with Crippen molar-refractivity contribution in [3.05, 3.63) is 29.3 Å². The molecule has 1 fully saturated rings. The summed E-state index contributed by atoms with van der Waals surface area (Å²) in [6, 6.07) is 7.18. The van der Waals surface area contributed by atoms with Gasteiger partial charge in [-0.15, -0.1) is 0 Å². The van der Waals surface area contributed by atoms with Gasteiger partial charge in [0.1, 0.15) is 5.75 Å². The van der Waals surface area contributed by atoms with E-state index in [0.717, 1.165) is 12.3 Å². The van der Waals surface area contributed by atoms with Crippen LogP contribution in [0.4, 0.5) is 0 Å². The maximum absolute atomic E-state index is 5.70.